The molecule has 1 aromatic rings. The summed E-state index contributed by atoms with van der Waals surface area (Å²) >= 11 is 0. The van der Waals surface area contributed by atoms with Crippen LogP contribution < -0.4 is 0 Å². The Morgan fingerprint density at radius 3 is 2.67 bits per heavy atom. The Labute approximate surface area is 104 Å². The van der Waals surface area contributed by atoms with E-state index >= 15 is 0 Å². The molecule has 0 N–H and O–H groups in total. The van der Waals surface area contributed by atoms with Crippen molar-refractivity contribution in [3.05, 3.63) is 21.9 Å². The fourth-order valence-corrected chi connectivity index (χ4v) is 3.08. The van der Waals surface area contributed by atoms with E-state index in [0.29, 0.717) is 18.8 Å². The molecule has 0 aromatic carbocycles. The lowest BCUT2D eigenvalue weighted by Gasteiger charge is -2.26. The zero-order valence-electron chi connectivity index (χ0n) is 10.1. The van der Waals surface area contributed by atoms with Crippen LogP contribution in [-0.2, 0) is 23.1 Å². The van der Waals surface area contributed by atoms with Crippen LogP contribution in [0.25, 0.3) is 0 Å². The lowest BCUT2D eigenvalue weighted by molar-refractivity contribution is -0.389. The Balaban J connectivity index is 2.28. The molecule has 0 radical (unpaired) electrons. The van der Waals surface area contributed by atoms with Crippen LogP contribution in [0.15, 0.2) is 6.07 Å². The number of nitrogens with zero attached hydrogens (tertiary/aromatic N) is 4. The smallest absolute Gasteiger partial charge is 0.358 e. The van der Waals surface area contributed by atoms with Gasteiger partial charge in [-0.15, -0.1) is 0 Å². The molecule has 9 heteroatoms. The Hall–Kier alpha value is -1.48. The first-order chi connectivity index (χ1) is 8.32. The first-order valence-electron chi connectivity index (χ1n) is 5.52. The molecule has 8 nitrogen and oxygen atoms in total. The van der Waals surface area contributed by atoms with Crippen molar-refractivity contribution in [3.63, 3.8) is 0 Å². The van der Waals surface area contributed by atoms with Crippen molar-refractivity contribution in [3.8, 4) is 0 Å². The zero-order chi connectivity index (χ0) is 13.5. The summed E-state index contributed by atoms with van der Waals surface area (Å²) in [5, 5.41) is 13.9. The minimum Gasteiger partial charge on any atom is -0.358 e. The summed E-state index contributed by atoms with van der Waals surface area (Å²) in [6, 6.07) is 1.32. The van der Waals surface area contributed by atoms with Gasteiger partial charge in [0.2, 0.25) is 10.0 Å². The van der Waals surface area contributed by atoms with Crippen LogP contribution in [-0.4, -0.2) is 39.2 Å². The number of rotatable bonds is 3. The molecule has 0 atom stereocenters. The van der Waals surface area contributed by atoms with Crippen molar-refractivity contribution in [1.29, 1.82) is 0 Å². The van der Waals surface area contributed by atoms with Gasteiger partial charge in [0.05, 0.1) is 35.2 Å². The first-order valence-corrected chi connectivity index (χ1v) is 7.03. The van der Waals surface area contributed by atoms with Crippen molar-refractivity contribution in [1.82, 2.24) is 14.1 Å². The van der Waals surface area contributed by atoms with Gasteiger partial charge in [0.25, 0.3) is 0 Å². The molecule has 0 saturated heterocycles. The molecular formula is C9H14N4O4S. The van der Waals surface area contributed by atoms with Crippen LogP contribution >= 0.6 is 0 Å². The lowest BCUT2D eigenvalue weighted by atomic mass is 10.3. The zero-order valence-corrected chi connectivity index (χ0v) is 10.9. The highest BCUT2D eigenvalue weighted by molar-refractivity contribution is 7.89. The Kier molecular flexibility index (Phi) is 3.11. The molecule has 0 fully saturated rings. The predicted molar refractivity (Wildman–Crippen MR) is 63.3 cm³/mol. The lowest BCUT2D eigenvalue weighted by Crippen LogP contribution is -2.41. The van der Waals surface area contributed by atoms with Gasteiger partial charge in [-0.3, -0.25) is 0 Å². The predicted octanol–water partition coefficient (Wildman–Crippen LogP) is 0.345. The van der Waals surface area contributed by atoms with Crippen LogP contribution in [0.3, 0.4) is 0 Å². The average molecular weight is 274 g/mol. The molecule has 0 aliphatic carbocycles. The van der Waals surface area contributed by atoms with Crippen molar-refractivity contribution in [2.75, 3.05) is 6.54 Å². The minimum atomic E-state index is -3.33. The maximum Gasteiger partial charge on any atom is 0.390 e. The van der Waals surface area contributed by atoms with E-state index in [-0.39, 0.29) is 12.4 Å². The largest absolute Gasteiger partial charge is 0.390 e. The molecule has 0 spiro atoms. The SMILES string of the molecule is CC(C)S(=O)(=O)N1CCn2nc([N+](=O)[O-])cc2C1. The number of hydrogen-bond acceptors (Lipinski definition) is 5. The third kappa shape index (κ3) is 2.10. The quantitative estimate of drug-likeness (QED) is 0.585. The maximum atomic E-state index is 12.0. The molecule has 1 aromatic heterocycles. The summed E-state index contributed by atoms with van der Waals surface area (Å²) in [6.07, 6.45) is 0. The molecule has 0 bridgehead atoms. The van der Waals surface area contributed by atoms with Crippen molar-refractivity contribution in [2.45, 2.75) is 32.2 Å². The van der Waals surface area contributed by atoms with Gasteiger partial charge < -0.3 is 10.1 Å². The highest BCUT2D eigenvalue weighted by Gasteiger charge is 2.32. The minimum absolute atomic E-state index is 0.140. The van der Waals surface area contributed by atoms with Gasteiger partial charge in [0.1, 0.15) is 0 Å². The molecule has 0 unspecified atom stereocenters. The second-order valence-electron chi connectivity index (χ2n) is 4.40. The highest BCUT2D eigenvalue weighted by Crippen LogP contribution is 2.21. The molecule has 1 aliphatic heterocycles. The molecular weight excluding hydrogens is 260 g/mol. The van der Waals surface area contributed by atoms with E-state index in [4.69, 9.17) is 0 Å². The Morgan fingerprint density at radius 1 is 1.44 bits per heavy atom. The summed E-state index contributed by atoms with van der Waals surface area (Å²) in [5.74, 6) is -0.242. The molecule has 18 heavy (non-hydrogen) atoms. The van der Waals surface area contributed by atoms with Crippen molar-refractivity contribution < 1.29 is 13.3 Å². The number of fused-ring (bicyclic) bond motifs is 1. The van der Waals surface area contributed by atoms with Gasteiger partial charge >= 0.3 is 5.82 Å². The number of aromatic nitrogens is 2. The Morgan fingerprint density at radius 2 is 2.11 bits per heavy atom. The van der Waals surface area contributed by atoms with Crippen LogP contribution in [0, 0.1) is 10.1 Å². The van der Waals surface area contributed by atoms with E-state index in [1.54, 1.807) is 13.8 Å². The van der Waals surface area contributed by atoms with Crippen LogP contribution in [0.4, 0.5) is 5.82 Å². The van der Waals surface area contributed by atoms with Gasteiger partial charge in [-0.25, -0.2) is 8.42 Å². The second-order valence-corrected chi connectivity index (χ2v) is 6.89. The van der Waals surface area contributed by atoms with E-state index in [1.165, 1.54) is 15.1 Å². The van der Waals surface area contributed by atoms with Crippen LogP contribution in [0.1, 0.15) is 19.5 Å². The Bertz CT molecular complexity index is 577. The highest BCUT2D eigenvalue weighted by atomic mass is 32.2. The first kappa shape index (κ1) is 13.0. The number of sulfonamides is 1. The van der Waals surface area contributed by atoms with Crippen LogP contribution in [0.2, 0.25) is 0 Å². The monoisotopic (exact) mass is 274 g/mol. The molecule has 1 aliphatic rings. The summed E-state index contributed by atoms with van der Waals surface area (Å²) in [6.45, 7) is 4.01. The standard InChI is InChI=1S/C9H14N4O4S/c1-7(2)18(16,17)11-3-4-12-8(6-11)5-9(10-12)13(14)15/h5,7H,3-4,6H2,1-2H3. The van der Waals surface area contributed by atoms with E-state index < -0.39 is 20.2 Å². The third-order valence-electron chi connectivity index (χ3n) is 2.89. The van der Waals surface area contributed by atoms with Crippen LogP contribution in [0.5, 0.6) is 0 Å². The molecule has 2 heterocycles. The van der Waals surface area contributed by atoms with E-state index in [1.807, 2.05) is 0 Å². The summed E-state index contributed by atoms with van der Waals surface area (Å²) < 4.78 is 26.8. The van der Waals surface area contributed by atoms with Gasteiger partial charge in [-0.05, 0) is 18.8 Å². The average Bonchev–Trinajstić information content (AvgIpc) is 2.71. The molecule has 0 amide bonds. The van der Waals surface area contributed by atoms with Gasteiger partial charge in [-0.2, -0.15) is 8.99 Å². The van der Waals surface area contributed by atoms with Crippen molar-refractivity contribution >= 4 is 15.8 Å². The van der Waals surface area contributed by atoms with Crippen molar-refractivity contribution in [2.24, 2.45) is 0 Å². The fraction of sp³-hybridized carbons (Fsp3) is 0.667. The normalized spacial score (nSPS) is 16.8. The van der Waals surface area contributed by atoms with Gasteiger partial charge in [0, 0.05) is 6.54 Å². The molecule has 100 valence electrons. The summed E-state index contributed by atoms with van der Waals surface area (Å²) in [7, 11) is -3.33. The summed E-state index contributed by atoms with van der Waals surface area (Å²) in [4.78, 5) is 10.0. The van der Waals surface area contributed by atoms with E-state index in [9.17, 15) is 18.5 Å². The second kappa shape index (κ2) is 4.32. The molecule has 2 rings (SSSR count). The van der Waals surface area contributed by atoms with Gasteiger partial charge in [-0.1, -0.05) is 0 Å². The maximum absolute atomic E-state index is 12.0. The molecule has 0 saturated carbocycles. The summed E-state index contributed by atoms with van der Waals surface area (Å²) in [5.41, 5.74) is 0.553. The number of nitro groups is 1. The third-order valence-corrected chi connectivity index (χ3v) is 5.12. The van der Waals surface area contributed by atoms with E-state index in [0.717, 1.165) is 0 Å². The van der Waals surface area contributed by atoms with Gasteiger partial charge in [0.15, 0.2) is 0 Å². The van der Waals surface area contributed by atoms with E-state index in [2.05, 4.69) is 5.10 Å². The topological polar surface area (TPSA) is 98.3 Å². The fourth-order valence-electron chi connectivity index (χ4n) is 1.83. The number of hydrogen-bond donors (Lipinski definition) is 0.